The standard InChI is InChI=1S/C21H27FN4O.HI/c1-15-10-18(14-26(15)13-16-6-4-3-5-7-16)25-21(23-2)24-12-17-8-9-20(27)19(22)11-17;/h3-9,11,15,18,27H,10,12-14H2,1-2H3,(H2,23,24,25);1H. The average Bonchev–Trinajstić information content (AvgIpc) is 3.01. The third-order valence-corrected chi connectivity index (χ3v) is 4.97. The number of hydrogen-bond donors (Lipinski definition) is 3. The van der Waals surface area contributed by atoms with Crippen molar-refractivity contribution in [1.29, 1.82) is 0 Å². The molecule has 2 aromatic rings. The molecule has 1 aliphatic heterocycles. The Kier molecular flexibility index (Phi) is 8.50. The lowest BCUT2D eigenvalue weighted by Gasteiger charge is -2.21. The molecule has 1 heterocycles. The number of likely N-dealkylation sites (tertiary alicyclic amines) is 1. The number of rotatable bonds is 5. The Bertz CT molecular complexity index is 787. The van der Waals surface area contributed by atoms with Gasteiger partial charge in [0.1, 0.15) is 0 Å². The van der Waals surface area contributed by atoms with Crippen LogP contribution in [0, 0.1) is 5.82 Å². The molecule has 2 unspecified atom stereocenters. The first-order valence-electron chi connectivity index (χ1n) is 9.27. The minimum absolute atomic E-state index is 0. The quantitative estimate of drug-likeness (QED) is 0.336. The van der Waals surface area contributed by atoms with Crippen molar-refractivity contribution in [2.24, 2.45) is 4.99 Å². The van der Waals surface area contributed by atoms with Gasteiger partial charge in [-0.1, -0.05) is 36.4 Å². The van der Waals surface area contributed by atoms with E-state index >= 15 is 0 Å². The zero-order valence-corrected chi connectivity index (χ0v) is 18.6. The number of nitrogens with zero attached hydrogens (tertiary/aromatic N) is 2. The first-order chi connectivity index (χ1) is 13.0. The second-order valence-corrected chi connectivity index (χ2v) is 7.05. The van der Waals surface area contributed by atoms with Crippen LogP contribution in [0.5, 0.6) is 5.75 Å². The summed E-state index contributed by atoms with van der Waals surface area (Å²) in [6, 6.07) is 15.7. The van der Waals surface area contributed by atoms with Crippen molar-refractivity contribution in [2.75, 3.05) is 13.6 Å². The van der Waals surface area contributed by atoms with Gasteiger partial charge in [0.25, 0.3) is 0 Å². The molecule has 1 aliphatic rings. The van der Waals surface area contributed by atoms with Crippen LogP contribution in [0.15, 0.2) is 53.5 Å². The number of phenolic OH excluding ortho intramolecular Hbond substituents is 1. The molecule has 5 nitrogen and oxygen atoms in total. The van der Waals surface area contributed by atoms with Gasteiger partial charge in [-0.05, 0) is 36.6 Å². The molecule has 28 heavy (non-hydrogen) atoms. The zero-order valence-electron chi connectivity index (χ0n) is 16.2. The van der Waals surface area contributed by atoms with Crippen LogP contribution in [-0.2, 0) is 13.1 Å². The molecule has 2 aromatic carbocycles. The molecule has 152 valence electrons. The summed E-state index contributed by atoms with van der Waals surface area (Å²) in [5, 5.41) is 15.9. The van der Waals surface area contributed by atoms with Gasteiger partial charge in [0.2, 0.25) is 0 Å². The molecule has 0 aliphatic carbocycles. The molecular weight excluding hydrogens is 470 g/mol. The van der Waals surface area contributed by atoms with Gasteiger partial charge in [0, 0.05) is 38.8 Å². The predicted octanol–water partition coefficient (Wildman–Crippen LogP) is 3.48. The van der Waals surface area contributed by atoms with Crippen LogP contribution in [0.25, 0.3) is 0 Å². The maximum atomic E-state index is 13.4. The fourth-order valence-corrected chi connectivity index (χ4v) is 3.48. The summed E-state index contributed by atoms with van der Waals surface area (Å²) >= 11 is 0. The molecule has 0 amide bonds. The first-order valence-corrected chi connectivity index (χ1v) is 9.27. The van der Waals surface area contributed by atoms with E-state index in [1.54, 1.807) is 13.1 Å². The molecule has 0 bridgehead atoms. The molecule has 1 saturated heterocycles. The third-order valence-electron chi connectivity index (χ3n) is 4.97. The predicted molar refractivity (Wildman–Crippen MR) is 122 cm³/mol. The van der Waals surface area contributed by atoms with Gasteiger partial charge < -0.3 is 15.7 Å². The van der Waals surface area contributed by atoms with Crippen molar-refractivity contribution in [2.45, 2.75) is 38.5 Å². The maximum absolute atomic E-state index is 13.4. The molecule has 7 heteroatoms. The Morgan fingerprint density at radius 2 is 1.96 bits per heavy atom. The van der Waals surface area contributed by atoms with E-state index in [9.17, 15) is 9.50 Å². The van der Waals surface area contributed by atoms with E-state index in [2.05, 4.69) is 51.7 Å². The average molecular weight is 498 g/mol. The maximum Gasteiger partial charge on any atom is 0.191 e. The summed E-state index contributed by atoms with van der Waals surface area (Å²) in [6.45, 7) is 4.58. The van der Waals surface area contributed by atoms with E-state index in [0.29, 0.717) is 24.6 Å². The van der Waals surface area contributed by atoms with Crippen molar-refractivity contribution < 1.29 is 9.50 Å². The van der Waals surface area contributed by atoms with Crippen LogP contribution in [-0.4, -0.2) is 41.6 Å². The summed E-state index contributed by atoms with van der Waals surface area (Å²) in [5.74, 6) is -0.250. The van der Waals surface area contributed by atoms with Gasteiger partial charge in [0.05, 0.1) is 0 Å². The Labute approximate surface area is 183 Å². The molecule has 0 spiro atoms. The van der Waals surface area contributed by atoms with Crippen LogP contribution in [0.1, 0.15) is 24.5 Å². The summed E-state index contributed by atoms with van der Waals surface area (Å²) in [6.07, 6.45) is 1.04. The van der Waals surface area contributed by atoms with E-state index in [4.69, 9.17) is 0 Å². The number of aromatic hydroxyl groups is 1. The molecule has 0 radical (unpaired) electrons. The number of phenols is 1. The van der Waals surface area contributed by atoms with Crippen molar-refractivity contribution in [3.05, 3.63) is 65.5 Å². The Balaban J connectivity index is 0.00000280. The monoisotopic (exact) mass is 498 g/mol. The largest absolute Gasteiger partial charge is 0.505 e. The van der Waals surface area contributed by atoms with Gasteiger partial charge in [0.15, 0.2) is 17.5 Å². The Morgan fingerprint density at radius 1 is 1.21 bits per heavy atom. The normalized spacial score (nSPS) is 19.9. The molecule has 0 saturated carbocycles. The number of hydrogen-bond acceptors (Lipinski definition) is 3. The van der Waals surface area contributed by atoms with Crippen LogP contribution in [0.2, 0.25) is 0 Å². The lowest BCUT2D eigenvalue weighted by molar-refractivity contribution is 0.258. The van der Waals surface area contributed by atoms with Gasteiger partial charge in [-0.25, -0.2) is 4.39 Å². The van der Waals surface area contributed by atoms with Crippen molar-refractivity contribution in [3.8, 4) is 5.75 Å². The number of aliphatic imine (C=N–C) groups is 1. The van der Waals surface area contributed by atoms with E-state index in [-0.39, 0.29) is 29.7 Å². The van der Waals surface area contributed by atoms with Crippen LogP contribution >= 0.6 is 24.0 Å². The van der Waals surface area contributed by atoms with Crippen molar-refractivity contribution >= 4 is 29.9 Å². The van der Waals surface area contributed by atoms with Gasteiger partial charge in [-0.3, -0.25) is 9.89 Å². The highest BCUT2D eigenvalue weighted by Crippen LogP contribution is 2.20. The fourth-order valence-electron chi connectivity index (χ4n) is 3.48. The second kappa shape index (κ2) is 10.6. The summed E-state index contributed by atoms with van der Waals surface area (Å²) in [4.78, 5) is 6.74. The highest BCUT2D eigenvalue weighted by Gasteiger charge is 2.29. The lowest BCUT2D eigenvalue weighted by atomic mass is 10.2. The zero-order chi connectivity index (χ0) is 19.2. The molecular formula is C21H28FIN4O. The van der Waals surface area contributed by atoms with Crippen LogP contribution in [0.4, 0.5) is 4.39 Å². The number of halogens is 2. The van der Waals surface area contributed by atoms with E-state index < -0.39 is 5.82 Å². The molecule has 3 N–H and O–H groups in total. The van der Waals surface area contributed by atoms with Crippen molar-refractivity contribution in [3.63, 3.8) is 0 Å². The molecule has 1 fully saturated rings. The molecule has 2 atom stereocenters. The number of nitrogens with one attached hydrogen (secondary N) is 2. The van der Waals surface area contributed by atoms with Gasteiger partial charge >= 0.3 is 0 Å². The summed E-state index contributed by atoms with van der Waals surface area (Å²) in [5.41, 5.74) is 2.07. The van der Waals surface area contributed by atoms with Crippen molar-refractivity contribution in [1.82, 2.24) is 15.5 Å². The summed E-state index contributed by atoms with van der Waals surface area (Å²) < 4.78 is 13.4. The fraction of sp³-hybridized carbons (Fsp3) is 0.381. The van der Waals surface area contributed by atoms with E-state index in [1.807, 2.05) is 6.07 Å². The highest BCUT2D eigenvalue weighted by molar-refractivity contribution is 14.0. The lowest BCUT2D eigenvalue weighted by Crippen LogP contribution is -2.44. The summed E-state index contributed by atoms with van der Waals surface area (Å²) in [7, 11) is 1.73. The van der Waals surface area contributed by atoms with Gasteiger partial charge in [-0.2, -0.15) is 0 Å². The topological polar surface area (TPSA) is 59.9 Å². The molecule has 0 aromatic heterocycles. The number of benzene rings is 2. The smallest absolute Gasteiger partial charge is 0.191 e. The van der Waals surface area contributed by atoms with Crippen LogP contribution < -0.4 is 10.6 Å². The van der Waals surface area contributed by atoms with Crippen LogP contribution in [0.3, 0.4) is 0 Å². The third kappa shape index (κ3) is 6.07. The minimum Gasteiger partial charge on any atom is -0.505 e. The van der Waals surface area contributed by atoms with E-state index in [1.165, 1.54) is 17.7 Å². The van der Waals surface area contributed by atoms with Gasteiger partial charge in [-0.15, -0.1) is 24.0 Å². The van der Waals surface area contributed by atoms with E-state index in [0.717, 1.165) is 25.1 Å². The second-order valence-electron chi connectivity index (χ2n) is 7.05. The minimum atomic E-state index is -0.613. The SMILES string of the molecule is CN=C(NCc1ccc(O)c(F)c1)NC1CC(C)N(Cc2ccccc2)C1.I. The first kappa shape index (κ1) is 22.4. The molecule has 3 rings (SSSR count). The highest BCUT2D eigenvalue weighted by atomic mass is 127. The Morgan fingerprint density at radius 3 is 2.64 bits per heavy atom. The number of guanidine groups is 1. The Hall–Kier alpha value is -1.87.